The molecule has 12 heteroatoms. The normalized spacial score (nSPS) is 11.8. The molecule has 2 rings (SSSR count). The van der Waals surface area contributed by atoms with E-state index in [-0.39, 0.29) is 16.3 Å². The summed E-state index contributed by atoms with van der Waals surface area (Å²) < 4.78 is 65.1. The minimum Gasteiger partial charge on any atom is -0.459 e. The van der Waals surface area contributed by atoms with Gasteiger partial charge in [0.2, 0.25) is 0 Å². The zero-order chi connectivity index (χ0) is 18.7. The van der Waals surface area contributed by atoms with E-state index in [4.69, 9.17) is 4.42 Å². The summed E-state index contributed by atoms with van der Waals surface area (Å²) in [6.07, 6.45) is -3.85. The van der Waals surface area contributed by atoms with Crippen molar-refractivity contribution in [3.8, 4) is 0 Å². The van der Waals surface area contributed by atoms with E-state index in [2.05, 4.69) is 0 Å². The number of furan rings is 1. The van der Waals surface area contributed by atoms with Gasteiger partial charge in [-0.15, -0.1) is 4.83 Å². The second-order valence-corrected chi connectivity index (χ2v) is 6.20. The number of halogens is 3. The summed E-state index contributed by atoms with van der Waals surface area (Å²) in [4.78, 5) is 23.8. The molecule has 25 heavy (non-hydrogen) atoms. The Morgan fingerprint density at radius 3 is 2.20 bits per heavy atom. The molecule has 0 bridgehead atoms. The lowest BCUT2D eigenvalue weighted by molar-refractivity contribution is -0.167. The zero-order valence-corrected chi connectivity index (χ0v) is 12.9. The van der Waals surface area contributed by atoms with Gasteiger partial charge in [-0.25, -0.2) is 8.42 Å². The summed E-state index contributed by atoms with van der Waals surface area (Å²) in [7, 11) is -4.18. The molecule has 0 saturated carbocycles. The first-order chi connectivity index (χ1) is 11.6. The third-order valence-electron chi connectivity index (χ3n) is 2.72. The van der Waals surface area contributed by atoms with Crippen LogP contribution in [0.15, 0.2) is 52.0 Å². The average molecular weight is 377 g/mol. The fourth-order valence-corrected chi connectivity index (χ4v) is 2.40. The summed E-state index contributed by atoms with van der Waals surface area (Å²) in [6.45, 7) is 0. The largest absolute Gasteiger partial charge is 0.471 e. The van der Waals surface area contributed by atoms with Gasteiger partial charge in [-0.05, 0) is 36.4 Å². The van der Waals surface area contributed by atoms with Gasteiger partial charge in [0.1, 0.15) is 0 Å². The van der Waals surface area contributed by atoms with Crippen LogP contribution in [0.25, 0.3) is 0 Å². The Kier molecular flexibility index (Phi) is 5.13. The Labute approximate surface area is 139 Å². The van der Waals surface area contributed by atoms with E-state index < -0.39 is 28.0 Å². The van der Waals surface area contributed by atoms with Crippen molar-refractivity contribution in [2.45, 2.75) is 11.1 Å². The third kappa shape index (κ3) is 4.81. The minimum absolute atomic E-state index is 0.132. The highest BCUT2D eigenvalue weighted by Gasteiger charge is 2.38. The van der Waals surface area contributed by atoms with Gasteiger partial charge in [0.05, 0.1) is 11.2 Å². The van der Waals surface area contributed by atoms with Crippen LogP contribution in [0.1, 0.15) is 10.6 Å². The lowest BCUT2D eigenvalue weighted by Gasteiger charge is -2.10. The van der Waals surface area contributed by atoms with Gasteiger partial charge in [0.25, 0.3) is 10.0 Å². The molecule has 2 aromatic rings. The smallest absolute Gasteiger partial charge is 0.459 e. The monoisotopic (exact) mass is 377 g/mol. The van der Waals surface area contributed by atoms with Crippen LogP contribution in [0.2, 0.25) is 0 Å². The Bertz CT molecular complexity index is 861. The van der Waals surface area contributed by atoms with E-state index >= 15 is 0 Å². The van der Waals surface area contributed by atoms with Crippen LogP contribution in [0.4, 0.5) is 18.9 Å². The van der Waals surface area contributed by atoms with Gasteiger partial charge in [0, 0.05) is 5.69 Å². The second-order valence-electron chi connectivity index (χ2n) is 4.51. The molecule has 2 amide bonds. The molecule has 1 heterocycles. The van der Waals surface area contributed by atoms with Crippen molar-refractivity contribution in [3.63, 3.8) is 0 Å². The van der Waals surface area contributed by atoms with Crippen molar-refractivity contribution in [2.24, 2.45) is 0 Å². The van der Waals surface area contributed by atoms with Crippen molar-refractivity contribution >= 4 is 27.5 Å². The summed E-state index contributed by atoms with van der Waals surface area (Å²) in [5, 5.41) is 1.57. The first kappa shape index (κ1) is 18.5. The molecule has 0 spiro atoms. The molecule has 0 saturated heterocycles. The van der Waals surface area contributed by atoms with Crippen LogP contribution in [-0.2, 0) is 14.8 Å². The Hall–Kier alpha value is -2.86. The van der Waals surface area contributed by atoms with E-state index in [1.165, 1.54) is 18.4 Å². The summed E-state index contributed by atoms with van der Waals surface area (Å²) in [5.74, 6) is -3.16. The Balaban J connectivity index is 2.02. The van der Waals surface area contributed by atoms with Crippen LogP contribution in [0, 0.1) is 0 Å². The lowest BCUT2D eigenvalue weighted by Crippen LogP contribution is -2.41. The fourth-order valence-electron chi connectivity index (χ4n) is 1.56. The maximum absolute atomic E-state index is 12.1. The van der Waals surface area contributed by atoms with Crippen LogP contribution in [-0.4, -0.2) is 26.4 Å². The van der Waals surface area contributed by atoms with Crippen LogP contribution in [0.3, 0.4) is 0 Å². The number of alkyl halides is 3. The molecule has 0 atom stereocenters. The molecule has 1 aromatic heterocycles. The van der Waals surface area contributed by atoms with Gasteiger partial charge >= 0.3 is 18.0 Å². The summed E-state index contributed by atoms with van der Waals surface area (Å²) in [5.41, 5.74) is 1.65. The highest BCUT2D eigenvalue weighted by molar-refractivity contribution is 7.89. The highest BCUT2D eigenvalue weighted by atomic mass is 32.2. The summed E-state index contributed by atoms with van der Waals surface area (Å²) >= 11 is 0. The molecule has 0 fully saturated rings. The second kappa shape index (κ2) is 6.94. The average Bonchev–Trinajstić information content (AvgIpc) is 3.07. The number of carbonyl (C=O) groups excluding carboxylic acids is 2. The molecule has 0 aliphatic carbocycles. The molecule has 8 nitrogen and oxygen atoms in total. The van der Waals surface area contributed by atoms with Crippen molar-refractivity contribution in [3.05, 3.63) is 48.4 Å². The molecule has 0 aliphatic rings. The van der Waals surface area contributed by atoms with E-state index in [0.717, 1.165) is 24.3 Å². The number of rotatable bonds is 5. The predicted octanol–water partition coefficient (Wildman–Crippen LogP) is 1.40. The molecule has 3 N–H and O–H groups in total. The van der Waals surface area contributed by atoms with Crippen molar-refractivity contribution in [2.75, 3.05) is 5.32 Å². The number of hydrogen-bond acceptors (Lipinski definition) is 5. The number of amides is 2. The number of carbonyl (C=O) groups is 2. The number of anilines is 1. The third-order valence-corrected chi connectivity index (χ3v) is 3.99. The van der Waals surface area contributed by atoms with Crippen molar-refractivity contribution in [1.29, 1.82) is 0 Å². The zero-order valence-electron chi connectivity index (χ0n) is 12.1. The van der Waals surface area contributed by atoms with E-state index in [9.17, 15) is 31.2 Å². The molecule has 1 aromatic carbocycles. The van der Waals surface area contributed by atoms with E-state index in [1.54, 1.807) is 10.1 Å². The topological polar surface area (TPSA) is 118 Å². The number of sulfonamides is 1. The lowest BCUT2D eigenvalue weighted by atomic mass is 10.3. The summed E-state index contributed by atoms with van der Waals surface area (Å²) in [6, 6.07) is 6.57. The number of benzene rings is 1. The predicted molar refractivity (Wildman–Crippen MR) is 77.6 cm³/mol. The van der Waals surface area contributed by atoms with Gasteiger partial charge < -0.3 is 9.73 Å². The van der Waals surface area contributed by atoms with Gasteiger partial charge in [-0.2, -0.15) is 13.2 Å². The molecule has 134 valence electrons. The number of hydrazine groups is 1. The molecule has 0 aliphatic heterocycles. The minimum atomic E-state index is -5.07. The maximum atomic E-state index is 12.1. The fraction of sp³-hybridized carbons (Fsp3) is 0.0769. The Morgan fingerprint density at radius 2 is 1.68 bits per heavy atom. The van der Waals surface area contributed by atoms with Gasteiger partial charge in [-0.3, -0.25) is 15.0 Å². The molecule has 0 radical (unpaired) electrons. The number of nitrogens with one attached hydrogen (secondary N) is 3. The Morgan fingerprint density at radius 1 is 1.04 bits per heavy atom. The van der Waals surface area contributed by atoms with Crippen LogP contribution >= 0.6 is 0 Å². The quantitative estimate of drug-likeness (QED) is 0.681. The molecular weight excluding hydrogens is 367 g/mol. The van der Waals surface area contributed by atoms with Crippen LogP contribution < -0.4 is 15.6 Å². The van der Waals surface area contributed by atoms with E-state index in [0.29, 0.717) is 0 Å². The maximum Gasteiger partial charge on any atom is 0.471 e. The highest BCUT2D eigenvalue weighted by Crippen LogP contribution is 2.19. The first-order valence-electron chi connectivity index (χ1n) is 6.43. The number of hydrogen-bond donors (Lipinski definition) is 3. The molecule has 0 unspecified atom stereocenters. The van der Waals surface area contributed by atoms with E-state index in [1.807, 2.05) is 5.43 Å². The standard InChI is InChI=1S/C13H10F3N3O5S/c14-13(15,16)12(21)17-8-3-5-9(6-4-8)25(22,23)19-18-11(20)10-2-1-7-24-10/h1-7,19H,(H,17,21)(H,18,20). The van der Waals surface area contributed by atoms with Gasteiger partial charge in [-0.1, -0.05) is 0 Å². The SMILES string of the molecule is O=C(NNS(=O)(=O)c1ccc(NC(=O)C(F)(F)F)cc1)c1ccco1. The van der Waals surface area contributed by atoms with Crippen molar-refractivity contribution in [1.82, 2.24) is 10.3 Å². The first-order valence-corrected chi connectivity index (χ1v) is 7.92. The van der Waals surface area contributed by atoms with Crippen LogP contribution in [0.5, 0.6) is 0 Å². The van der Waals surface area contributed by atoms with Crippen molar-refractivity contribution < 1.29 is 35.6 Å². The molecular formula is C13H10F3N3O5S. The van der Waals surface area contributed by atoms with Gasteiger partial charge in [0.15, 0.2) is 5.76 Å².